The monoisotopic (exact) mass is 282 g/mol. The summed E-state index contributed by atoms with van der Waals surface area (Å²) in [5.74, 6) is 0. The van der Waals surface area contributed by atoms with Gasteiger partial charge in [-0.25, -0.2) is 4.68 Å². The van der Waals surface area contributed by atoms with Gasteiger partial charge in [0.25, 0.3) is 0 Å². The molecule has 1 aromatic carbocycles. The third-order valence-electron chi connectivity index (χ3n) is 2.37. The van der Waals surface area contributed by atoms with Crippen LogP contribution in [-0.4, -0.2) is 20.1 Å². The number of aromatic nitrogens is 3. The maximum absolute atomic E-state index is 9.23. The molecule has 0 spiro atoms. The number of hydrogen-bond acceptors (Lipinski definition) is 4. The fourth-order valence-corrected chi connectivity index (χ4v) is 1.89. The van der Waals surface area contributed by atoms with E-state index in [1.165, 1.54) is 4.68 Å². The van der Waals surface area contributed by atoms with E-state index in [2.05, 4.69) is 10.3 Å². The van der Waals surface area contributed by atoms with Crippen molar-refractivity contribution in [3.8, 4) is 17.3 Å². The smallest absolute Gasteiger partial charge is 0.130 e. The molecule has 0 saturated carbocycles. The number of nitrogens with zero attached hydrogens (tertiary/aromatic N) is 4. The van der Waals surface area contributed by atoms with Crippen LogP contribution in [0.4, 0.5) is 0 Å². The van der Waals surface area contributed by atoms with Crippen molar-refractivity contribution >= 4 is 23.2 Å². The standard InChI is InChI=1S/C11H8Cl2N4O/c12-8-2-1-7(5-9(8)13)11-10(6-18)15-16-17(11)4-3-14/h1-2,5,18H,4,6H2. The second-order valence-corrected chi connectivity index (χ2v) is 4.30. The van der Waals surface area contributed by atoms with Gasteiger partial charge < -0.3 is 5.11 Å². The Balaban J connectivity index is 2.57. The summed E-state index contributed by atoms with van der Waals surface area (Å²) in [4.78, 5) is 0. The van der Waals surface area contributed by atoms with Gasteiger partial charge in [-0.2, -0.15) is 5.26 Å². The van der Waals surface area contributed by atoms with Gasteiger partial charge in [0.2, 0.25) is 0 Å². The molecule has 92 valence electrons. The van der Waals surface area contributed by atoms with Crippen LogP contribution in [0.15, 0.2) is 18.2 Å². The Morgan fingerprint density at radius 3 is 2.72 bits per heavy atom. The number of rotatable bonds is 3. The summed E-state index contributed by atoms with van der Waals surface area (Å²) < 4.78 is 1.41. The lowest BCUT2D eigenvalue weighted by Crippen LogP contribution is -2.01. The number of benzene rings is 1. The van der Waals surface area contributed by atoms with Crippen molar-refractivity contribution in [1.29, 1.82) is 5.26 Å². The SMILES string of the molecule is N#CCn1nnc(CO)c1-c1ccc(Cl)c(Cl)c1. The average Bonchev–Trinajstić information content (AvgIpc) is 2.76. The molecule has 0 saturated heterocycles. The van der Waals surface area contributed by atoms with Gasteiger partial charge in [-0.3, -0.25) is 0 Å². The van der Waals surface area contributed by atoms with Crippen molar-refractivity contribution in [3.63, 3.8) is 0 Å². The maximum Gasteiger partial charge on any atom is 0.130 e. The minimum Gasteiger partial charge on any atom is -0.390 e. The Kier molecular flexibility index (Phi) is 3.82. The molecule has 0 bridgehead atoms. The Labute approximate surface area is 113 Å². The highest BCUT2D eigenvalue weighted by Crippen LogP contribution is 2.29. The zero-order valence-electron chi connectivity index (χ0n) is 9.14. The lowest BCUT2D eigenvalue weighted by atomic mass is 10.1. The molecule has 2 rings (SSSR count). The van der Waals surface area contributed by atoms with Gasteiger partial charge in [0.1, 0.15) is 12.2 Å². The second kappa shape index (κ2) is 5.36. The Hall–Kier alpha value is -1.61. The van der Waals surface area contributed by atoms with Gasteiger partial charge in [0.15, 0.2) is 0 Å². The molecule has 0 aliphatic carbocycles. The van der Waals surface area contributed by atoms with E-state index >= 15 is 0 Å². The van der Waals surface area contributed by atoms with E-state index in [-0.39, 0.29) is 13.2 Å². The zero-order chi connectivity index (χ0) is 13.1. The molecule has 1 N–H and O–H groups in total. The van der Waals surface area contributed by atoms with Crippen LogP contribution in [-0.2, 0) is 13.2 Å². The summed E-state index contributed by atoms with van der Waals surface area (Å²) in [5, 5.41) is 26.4. The first kappa shape index (κ1) is 12.8. The van der Waals surface area contributed by atoms with E-state index in [4.69, 9.17) is 28.5 Å². The minimum absolute atomic E-state index is 0.0442. The fourth-order valence-electron chi connectivity index (χ4n) is 1.59. The molecule has 0 amide bonds. The Morgan fingerprint density at radius 1 is 1.33 bits per heavy atom. The highest BCUT2D eigenvalue weighted by molar-refractivity contribution is 6.42. The first-order valence-corrected chi connectivity index (χ1v) is 5.78. The first-order valence-electron chi connectivity index (χ1n) is 5.03. The van der Waals surface area contributed by atoms with Crippen LogP contribution in [0.1, 0.15) is 5.69 Å². The molecule has 1 aromatic heterocycles. The normalized spacial score (nSPS) is 10.3. The molecule has 18 heavy (non-hydrogen) atoms. The van der Waals surface area contributed by atoms with Gasteiger partial charge in [0, 0.05) is 5.56 Å². The highest BCUT2D eigenvalue weighted by atomic mass is 35.5. The maximum atomic E-state index is 9.23. The summed E-state index contributed by atoms with van der Waals surface area (Å²) in [6.07, 6.45) is 0. The predicted octanol–water partition coefficient (Wildman–Crippen LogP) is 2.27. The molecule has 0 radical (unpaired) electrons. The molecule has 7 heteroatoms. The lowest BCUT2D eigenvalue weighted by Gasteiger charge is -2.06. The molecule has 2 aromatic rings. The van der Waals surface area contributed by atoms with Crippen LogP contribution < -0.4 is 0 Å². The van der Waals surface area contributed by atoms with Gasteiger partial charge in [0.05, 0.1) is 28.4 Å². The van der Waals surface area contributed by atoms with Crippen LogP contribution in [0.2, 0.25) is 10.0 Å². The molecule has 5 nitrogen and oxygen atoms in total. The molecule has 1 heterocycles. The van der Waals surface area contributed by atoms with Crippen LogP contribution in [0, 0.1) is 11.3 Å². The van der Waals surface area contributed by atoms with Crippen molar-refractivity contribution in [2.45, 2.75) is 13.2 Å². The van der Waals surface area contributed by atoms with E-state index in [9.17, 15) is 5.11 Å². The van der Waals surface area contributed by atoms with E-state index in [1.54, 1.807) is 18.2 Å². The molecular weight excluding hydrogens is 275 g/mol. The van der Waals surface area contributed by atoms with Crippen LogP contribution >= 0.6 is 23.2 Å². The highest BCUT2D eigenvalue weighted by Gasteiger charge is 2.15. The molecule has 0 atom stereocenters. The van der Waals surface area contributed by atoms with E-state index < -0.39 is 0 Å². The van der Waals surface area contributed by atoms with Crippen LogP contribution in [0.3, 0.4) is 0 Å². The third kappa shape index (κ3) is 2.31. The summed E-state index contributed by atoms with van der Waals surface area (Å²) in [6.45, 7) is -0.219. The van der Waals surface area contributed by atoms with Gasteiger partial charge in [-0.1, -0.05) is 34.5 Å². The predicted molar refractivity (Wildman–Crippen MR) is 67.0 cm³/mol. The Bertz CT molecular complexity index is 618. The van der Waals surface area contributed by atoms with Crippen molar-refractivity contribution in [1.82, 2.24) is 15.0 Å². The zero-order valence-corrected chi connectivity index (χ0v) is 10.7. The first-order chi connectivity index (χ1) is 8.67. The number of aliphatic hydroxyl groups is 1. The fraction of sp³-hybridized carbons (Fsp3) is 0.182. The number of hydrogen-bond donors (Lipinski definition) is 1. The van der Waals surface area contributed by atoms with Crippen LogP contribution in [0.5, 0.6) is 0 Å². The molecule has 0 aliphatic heterocycles. The third-order valence-corrected chi connectivity index (χ3v) is 3.11. The minimum atomic E-state index is -0.263. The van der Waals surface area contributed by atoms with Gasteiger partial charge in [-0.05, 0) is 12.1 Å². The number of nitriles is 1. The number of halogens is 2. The summed E-state index contributed by atoms with van der Waals surface area (Å²) in [5.41, 5.74) is 1.66. The van der Waals surface area contributed by atoms with Crippen molar-refractivity contribution < 1.29 is 5.11 Å². The van der Waals surface area contributed by atoms with E-state index in [0.717, 1.165) is 0 Å². The van der Waals surface area contributed by atoms with Crippen molar-refractivity contribution in [3.05, 3.63) is 33.9 Å². The van der Waals surface area contributed by atoms with Gasteiger partial charge in [-0.15, -0.1) is 5.10 Å². The number of aliphatic hydroxyl groups excluding tert-OH is 1. The van der Waals surface area contributed by atoms with E-state index in [1.807, 2.05) is 6.07 Å². The van der Waals surface area contributed by atoms with Crippen LogP contribution in [0.25, 0.3) is 11.3 Å². The molecule has 0 unspecified atom stereocenters. The quantitative estimate of drug-likeness (QED) is 0.937. The topological polar surface area (TPSA) is 74.7 Å². The molecule has 0 aliphatic rings. The van der Waals surface area contributed by atoms with E-state index in [0.29, 0.717) is 27.0 Å². The second-order valence-electron chi connectivity index (χ2n) is 3.49. The lowest BCUT2D eigenvalue weighted by molar-refractivity contribution is 0.277. The molecule has 0 fully saturated rings. The average molecular weight is 283 g/mol. The molecular formula is C11H8Cl2N4O. The van der Waals surface area contributed by atoms with Crippen molar-refractivity contribution in [2.24, 2.45) is 0 Å². The van der Waals surface area contributed by atoms with Gasteiger partial charge >= 0.3 is 0 Å². The summed E-state index contributed by atoms with van der Waals surface area (Å²) >= 11 is 11.8. The van der Waals surface area contributed by atoms with Crippen molar-refractivity contribution in [2.75, 3.05) is 0 Å². The largest absolute Gasteiger partial charge is 0.390 e. The Morgan fingerprint density at radius 2 is 2.11 bits per heavy atom. The summed E-state index contributed by atoms with van der Waals surface area (Å²) in [7, 11) is 0. The summed E-state index contributed by atoms with van der Waals surface area (Å²) in [6, 6.07) is 7.00.